The molecule has 128 valence electrons. The van der Waals surface area contributed by atoms with Gasteiger partial charge in [0, 0.05) is 18.3 Å². The molecule has 2 aliphatic rings. The molecule has 3 rings (SSSR count). The van der Waals surface area contributed by atoms with E-state index in [1.165, 1.54) is 16.2 Å². The average Bonchev–Trinajstić information content (AvgIpc) is 3.14. The summed E-state index contributed by atoms with van der Waals surface area (Å²) in [6, 6.07) is -1.72. The van der Waals surface area contributed by atoms with Gasteiger partial charge in [0.15, 0.2) is 16.3 Å². The number of carbonyl (C=O) groups excluding carboxylic acids is 4. The van der Waals surface area contributed by atoms with Gasteiger partial charge in [-0.25, -0.2) is 4.79 Å². The van der Waals surface area contributed by atoms with Gasteiger partial charge in [-0.2, -0.15) is 11.3 Å². The molecule has 3 heterocycles. The minimum atomic E-state index is -0.988. The van der Waals surface area contributed by atoms with Crippen LogP contribution in [0.1, 0.15) is 42.1 Å². The van der Waals surface area contributed by atoms with Gasteiger partial charge in [0.25, 0.3) is 11.8 Å². The predicted octanol–water partition coefficient (Wildman–Crippen LogP) is 1.85. The van der Waals surface area contributed by atoms with E-state index in [-0.39, 0.29) is 25.2 Å². The third-order valence-corrected chi connectivity index (χ3v) is 5.53. The lowest BCUT2D eigenvalue weighted by molar-refractivity contribution is -0.161. The maximum Gasteiger partial charge on any atom is 0.340 e. The highest BCUT2D eigenvalue weighted by molar-refractivity contribution is 9.06. The lowest BCUT2D eigenvalue weighted by Gasteiger charge is -2.37. The third kappa shape index (κ3) is 2.65. The summed E-state index contributed by atoms with van der Waals surface area (Å²) in [5.41, 5.74) is 1.51. The van der Waals surface area contributed by atoms with Crippen LogP contribution in [0.5, 0.6) is 0 Å². The minimum absolute atomic E-state index is 0.110. The zero-order valence-corrected chi connectivity index (χ0v) is 15.3. The Labute approximate surface area is 151 Å². The van der Waals surface area contributed by atoms with Gasteiger partial charge < -0.3 is 8.73 Å². The second-order valence-electron chi connectivity index (χ2n) is 5.72. The Morgan fingerprint density at radius 2 is 2.17 bits per heavy atom. The van der Waals surface area contributed by atoms with Crippen molar-refractivity contribution < 1.29 is 23.0 Å². The van der Waals surface area contributed by atoms with E-state index in [0.717, 1.165) is 10.5 Å². The van der Waals surface area contributed by atoms with E-state index in [2.05, 4.69) is 20.1 Å². The summed E-state index contributed by atoms with van der Waals surface area (Å²) in [5, 5.41) is 3.66. The highest BCUT2D eigenvalue weighted by Crippen LogP contribution is 2.31. The molecular formula is C15H15BrN2O5S. The van der Waals surface area contributed by atoms with E-state index in [1.807, 2.05) is 5.38 Å². The van der Waals surface area contributed by atoms with Crippen LogP contribution in [0.15, 0.2) is 10.8 Å². The van der Waals surface area contributed by atoms with Crippen LogP contribution in [0.2, 0.25) is 0 Å². The first-order valence-electron chi connectivity index (χ1n) is 7.54. The summed E-state index contributed by atoms with van der Waals surface area (Å²) >= 11 is 4.05. The fraction of sp³-hybridized carbons (Fsp3) is 0.467. The largest absolute Gasteiger partial charge is 0.382 e. The molecular weight excluding hydrogens is 400 g/mol. The molecule has 2 unspecified atom stereocenters. The highest BCUT2D eigenvalue weighted by Gasteiger charge is 2.46. The SMILES string of the molecule is CCC(C(=O)OBr)N1C(=O)CCC(N2Cc3cscc3C2=O)C1=O. The smallest absolute Gasteiger partial charge is 0.340 e. The molecule has 2 aliphatic heterocycles. The number of likely N-dealkylation sites (tertiary alicyclic amines) is 1. The first-order chi connectivity index (χ1) is 11.5. The average molecular weight is 415 g/mol. The molecule has 24 heavy (non-hydrogen) atoms. The number of nitrogens with zero attached hydrogens (tertiary/aromatic N) is 2. The fourth-order valence-electron chi connectivity index (χ4n) is 3.21. The lowest BCUT2D eigenvalue weighted by Crippen LogP contribution is -2.59. The molecule has 0 saturated carbocycles. The molecule has 2 atom stereocenters. The quantitative estimate of drug-likeness (QED) is 0.701. The molecule has 0 spiro atoms. The summed E-state index contributed by atoms with van der Waals surface area (Å²) in [7, 11) is 0. The van der Waals surface area contributed by atoms with Gasteiger partial charge in [-0.05, 0) is 23.8 Å². The fourth-order valence-corrected chi connectivity index (χ4v) is 4.24. The normalized spacial score (nSPS) is 21.9. The van der Waals surface area contributed by atoms with E-state index >= 15 is 0 Å². The molecule has 0 bridgehead atoms. The van der Waals surface area contributed by atoms with Crippen molar-refractivity contribution in [2.24, 2.45) is 0 Å². The van der Waals surface area contributed by atoms with Crippen LogP contribution in [0.3, 0.4) is 0 Å². The number of piperidine rings is 1. The molecule has 0 radical (unpaired) electrons. The summed E-state index contributed by atoms with van der Waals surface area (Å²) in [4.78, 5) is 51.9. The van der Waals surface area contributed by atoms with Crippen LogP contribution in [0.25, 0.3) is 0 Å². The molecule has 0 aromatic carbocycles. The Morgan fingerprint density at radius 3 is 2.79 bits per heavy atom. The van der Waals surface area contributed by atoms with E-state index in [9.17, 15) is 19.2 Å². The van der Waals surface area contributed by atoms with Crippen LogP contribution in [0.4, 0.5) is 0 Å². The number of carbonyl (C=O) groups is 4. The second kappa shape index (κ2) is 6.64. The maximum absolute atomic E-state index is 12.9. The van der Waals surface area contributed by atoms with Gasteiger partial charge in [0.05, 0.1) is 5.56 Å². The second-order valence-corrected chi connectivity index (χ2v) is 6.79. The summed E-state index contributed by atoms with van der Waals surface area (Å²) in [6.45, 7) is 2.05. The lowest BCUT2D eigenvalue weighted by atomic mass is 9.99. The number of hydrogen-bond acceptors (Lipinski definition) is 6. The number of thiophene rings is 1. The zero-order chi connectivity index (χ0) is 17.4. The first kappa shape index (κ1) is 17.1. The Balaban J connectivity index is 1.85. The highest BCUT2D eigenvalue weighted by atomic mass is 79.9. The van der Waals surface area contributed by atoms with Crippen molar-refractivity contribution in [3.05, 3.63) is 21.9 Å². The Kier molecular flexibility index (Phi) is 4.73. The van der Waals surface area contributed by atoms with Crippen LogP contribution in [-0.4, -0.2) is 45.6 Å². The molecule has 1 saturated heterocycles. The molecule has 9 heteroatoms. The summed E-state index contributed by atoms with van der Waals surface area (Å²) in [6.07, 6.45) is 0.627. The van der Waals surface area contributed by atoms with Crippen molar-refractivity contribution in [3.63, 3.8) is 0 Å². The van der Waals surface area contributed by atoms with E-state index in [1.54, 1.807) is 12.3 Å². The summed E-state index contributed by atoms with van der Waals surface area (Å²) in [5.74, 6) is -1.83. The molecule has 0 N–H and O–H groups in total. The van der Waals surface area contributed by atoms with Crippen molar-refractivity contribution >= 4 is 51.3 Å². The summed E-state index contributed by atoms with van der Waals surface area (Å²) < 4.78 is 4.52. The number of halogens is 1. The molecule has 7 nitrogen and oxygen atoms in total. The topological polar surface area (TPSA) is 84.0 Å². The Hall–Kier alpha value is -1.74. The number of imide groups is 1. The van der Waals surface area contributed by atoms with Crippen LogP contribution in [0, 0.1) is 0 Å². The van der Waals surface area contributed by atoms with Gasteiger partial charge in [-0.1, -0.05) is 6.92 Å². The van der Waals surface area contributed by atoms with Crippen molar-refractivity contribution in [1.82, 2.24) is 9.80 Å². The van der Waals surface area contributed by atoms with Gasteiger partial charge in [-0.3, -0.25) is 19.3 Å². The van der Waals surface area contributed by atoms with Crippen LogP contribution >= 0.6 is 27.6 Å². The van der Waals surface area contributed by atoms with Gasteiger partial charge in [0.1, 0.15) is 12.1 Å². The zero-order valence-electron chi connectivity index (χ0n) is 12.9. The Morgan fingerprint density at radius 1 is 1.42 bits per heavy atom. The van der Waals surface area contributed by atoms with Crippen molar-refractivity contribution in [2.75, 3.05) is 0 Å². The Bertz CT molecular complexity index is 718. The standard InChI is InChI=1S/C15H15BrN2O5S/c1-2-10(15(22)23-16)18-12(19)4-3-11(14(18)21)17-5-8-6-24-7-9(8)13(17)20/h6-7,10-11H,2-5H2,1H3. The van der Waals surface area contributed by atoms with Crippen molar-refractivity contribution in [3.8, 4) is 0 Å². The number of hydrogen-bond donors (Lipinski definition) is 0. The monoisotopic (exact) mass is 414 g/mol. The van der Waals surface area contributed by atoms with E-state index in [0.29, 0.717) is 12.1 Å². The number of amides is 3. The predicted molar refractivity (Wildman–Crippen MR) is 88.2 cm³/mol. The molecule has 1 fully saturated rings. The number of fused-ring (bicyclic) bond motifs is 1. The van der Waals surface area contributed by atoms with Gasteiger partial charge in [0.2, 0.25) is 5.91 Å². The molecule has 1 aromatic rings. The number of rotatable bonds is 4. The van der Waals surface area contributed by atoms with Crippen molar-refractivity contribution in [1.29, 1.82) is 0 Å². The van der Waals surface area contributed by atoms with Crippen LogP contribution < -0.4 is 0 Å². The molecule has 0 aliphatic carbocycles. The molecule has 3 amide bonds. The van der Waals surface area contributed by atoms with Gasteiger partial charge in [-0.15, -0.1) is 0 Å². The van der Waals surface area contributed by atoms with Crippen molar-refractivity contribution in [2.45, 2.75) is 44.8 Å². The van der Waals surface area contributed by atoms with E-state index < -0.39 is 29.9 Å². The molecule has 1 aromatic heterocycles. The first-order valence-corrected chi connectivity index (χ1v) is 9.13. The minimum Gasteiger partial charge on any atom is -0.382 e. The van der Waals surface area contributed by atoms with E-state index in [4.69, 9.17) is 0 Å². The van der Waals surface area contributed by atoms with Crippen LogP contribution in [-0.2, 0) is 24.8 Å². The van der Waals surface area contributed by atoms with Gasteiger partial charge >= 0.3 is 5.97 Å². The maximum atomic E-state index is 12.9. The third-order valence-electron chi connectivity index (χ3n) is 4.42.